The largest absolute Gasteiger partial charge is 0.494 e. The summed E-state index contributed by atoms with van der Waals surface area (Å²) in [6.07, 6.45) is 0. The van der Waals surface area contributed by atoms with Crippen LogP contribution >= 0.6 is 11.6 Å². The number of rotatable bonds is 5. The standard InChI is InChI=1S/C23H22ClN5O3/c1-3-32-17-10-8-16(9-11-17)27-12-13-28-19-20(25-22(27)28)26(2)23(31)29(21(19)30)14-15-6-4-5-7-18(15)24/h4-11H,3,12-14H2,1-2H3. The normalized spacial score (nSPS) is 13.0. The molecule has 3 heterocycles. The molecule has 4 aromatic rings. The molecule has 8 nitrogen and oxygen atoms in total. The Morgan fingerprint density at radius 2 is 1.81 bits per heavy atom. The van der Waals surface area contributed by atoms with Gasteiger partial charge in [0, 0.05) is 30.8 Å². The lowest BCUT2D eigenvalue weighted by Crippen LogP contribution is -2.40. The van der Waals surface area contributed by atoms with E-state index in [4.69, 9.17) is 16.3 Å². The highest BCUT2D eigenvalue weighted by molar-refractivity contribution is 6.31. The minimum atomic E-state index is -0.424. The zero-order valence-corrected chi connectivity index (χ0v) is 18.5. The van der Waals surface area contributed by atoms with Crippen LogP contribution in [0.4, 0.5) is 11.6 Å². The van der Waals surface area contributed by atoms with E-state index in [1.165, 1.54) is 9.13 Å². The first-order valence-electron chi connectivity index (χ1n) is 10.4. The van der Waals surface area contributed by atoms with Crippen LogP contribution in [0.2, 0.25) is 5.02 Å². The maximum absolute atomic E-state index is 13.4. The van der Waals surface area contributed by atoms with Crippen LogP contribution in [0.5, 0.6) is 5.75 Å². The highest BCUT2D eigenvalue weighted by Gasteiger charge is 2.28. The zero-order chi connectivity index (χ0) is 22.4. The van der Waals surface area contributed by atoms with Crippen molar-refractivity contribution >= 4 is 34.4 Å². The molecule has 1 aliphatic rings. The second kappa shape index (κ2) is 7.87. The number of aryl methyl sites for hydroxylation is 1. The van der Waals surface area contributed by atoms with E-state index in [2.05, 4.69) is 4.98 Å². The summed E-state index contributed by atoms with van der Waals surface area (Å²) in [5.74, 6) is 1.44. The smallest absolute Gasteiger partial charge is 0.332 e. The van der Waals surface area contributed by atoms with Crippen molar-refractivity contribution < 1.29 is 4.74 Å². The molecule has 0 fully saturated rings. The third kappa shape index (κ3) is 3.18. The Morgan fingerprint density at radius 3 is 2.53 bits per heavy atom. The summed E-state index contributed by atoms with van der Waals surface area (Å²) in [5, 5.41) is 0.515. The number of hydrogen-bond acceptors (Lipinski definition) is 5. The molecular weight excluding hydrogens is 430 g/mol. The predicted octanol–water partition coefficient (Wildman–Crippen LogP) is 3.15. The number of halogens is 1. The Bertz CT molecular complexity index is 1440. The second-order valence-corrected chi connectivity index (χ2v) is 8.05. The fourth-order valence-electron chi connectivity index (χ4n) is 4.15. The summed E-state index contributed by atoms with van der Waals surface area (Å²) in [6.45, 7) is 3.93. The molecule has 0 atom stereocenters. The van der Waals surface area contributed by atoms with E-state index < -0.39 is 5.69 Å². The van der Waals surface area contributed by atoms with Crippen LogP contribution in [-0.4, -0.2) is 31.8 Å². The maximum Gasteiger partial charge on any atom is 0.332 e. The van der Waals surface area contributed by atoms with Gasteiger partial charge >= 0.3 is 5.69 Å². The Balaban J connectivity index is 1.62. The molecule has 0 amide bonds. The van der Waals surface area contributed by atoms with Gasteiger partial charge in [-0.15, -0.1) is 0 Å². The molecule has 0 unspecified atom stereocenters. The summed E-state index contributed by atoms with van der Waals surface area (Å²) in [6, 6.07) is 15.0. The molecule has 32 heavy (non-hydrogen) atoms. The second-order valence-electron chi connectivity index (χ2n) is 7.64. The van der Waals surface area contributed by atoms with Crippen molar-refractivity contribution in [3.63, 3.8) is 0 Å². The van der Waals surface area contributed by atoms with E-state index in [9.17, 15) is 9.59 Å². The number of anilines is 2. The molecule has 0 saturated heterocycles. The van der Waals surface area contributed by atoms with Crippen molar-refractivity contribution in [1.29, 1.82) is 0 Å². The monoisotopic (exact) mass is 451 g/mol. The number of benzene rings is 2. The summed E-state index contributed by atoms with van der Waals surface area (Å²) in [4.78, 5) is 33.1. The van der Waals surface area contributed by atoms with Gasteiger partial charge < -0.3 is 14.2 Å². The van der Waals surface area contributed by atoms with E-state index in [1.807, 2.05) is 58.9 Å². The topological polar surface area (TPSA) is 74.3 Å². The zero-order valence-electron chi connectivity index (χ0n) is 17.8. The predicted molar refractivity (Wildman–Crippen MR) is 124 cm³/mol. The highest BCUT2D eigenvalue weighted by atomic mass is 35.5. The van der Waals surface area contributed by atoms with Crippen molar-refractivity contribution in [1.82, 2.24) is 18.7 Å². The third-order valence-corrected chi connectivity index (χ3v) is 6.12. The average Bonchev–Trinajstić information content (AvgIpc) is 3.37. The lowest BCUT2D eigenvalue weighted by molar-refractivity contribution is 0.340. The van der Waals surface area contributed by atoms with Crippen LogP contribution in [0, 0.1) is 0 Å². The molecule has 9 heteroatoms. The van der Waals surface area contributed by atoms with Gasteiger partial charge in [-0.3, -0.25) is 13.9 Å². The molecule has 2 aromatic carbocycles. The van der Waals surface area contributed by atoms with E-state index in [-0.39, 0.29) is 12.1 Å². The molecular formula is C23H22ClN5O3. The Hall–Kier alpha value is -3.52. The Kier molecular flexibility index (Phi) is 5.01. The molecule has 0 aliphatic carbocycles. The van der Waals surface area contributed by atoms with Crippen LogP contribution in [0.25, 0.3) is 11.2 Å². The van der Waals surface area contributed by atoms with Crippen LogP contribution in [-0.2, 0) is 20.1 Å². The van der Waals surface area contributed by atoms with Gasteiger partial charge in [0.2, 0.25) is 5.95 Å². The molecule has 164 valence electrons. The molecule has 0 spiro atoms. The van der Waals surface area contributed by atoms with Crippen molar-refractivity contribution in [3.8, 4) is 5.75 Å². The number of imidazole rings is 1. The number of ether oxygens (including phenoxy) is 1. The minimum Gasteiger partial charge on any atom is -0.494 e. The van der Waals surface area contributed by atoms with E-state index in [1.54, 1.807) is 13.1 Å². The van der Waals surface area contributed by atoms with Gasteiger partial charge in [0.1, 0.15) is 5.75 Å². The van der Waals surface area contributed by atoms with Crippen LogP contribution in [0.15, 0.2) is 58.1 Å². The molecule has 0 bridgehead atoms. The molecule has 1 aliphatic heterocycles. The van der Waals surface area contributed by atoms with E-state index in [0.717, 1.165) is 11.4 Å². The molecule has 0 radical (unpaired) electrons. The van der Waals surface area contributed by atoms with Crippen molar-refractivity contribution in [2.24, 2.45) is 7.05 Å². The van der Waals surface area contributed by atoms with Crippen molar-refractivity contribution in [3.05, 3.63) is 80.0 Å². The number of nitrogens with zero attached hydrogens (tertiary/aromatic N) is 5. The summed E-state index contributed by atoms with van der Waals surface area (Å²) < 4.78 is 10.1. The van der Waals surface area contributed by atoms with Crippen molar-refractivity contribution in [2.45, 2.75) is 20.0 Å². The first-order chi connectivity index (χ1) is 15.5. The lowest BCUT2D eigenvalue weighted by Gasteiger charge is -2.16. The molecule has 0 N–H and O–H groups in total. The van der Waals surface area contributed by atoms with Crippen LogP contribution in [0.1, 0.15) is 12.5 Å². The molecule has 2 aromatic heterocycles. The number of hydrogen-bond donors (Lipinski definition) is 0. The van der Waals surface area contributed by atoms with Crippen LogP contribution < -0.4 is 20.9 Å². The summed E-state index contributed by atoms with van der Waals surface area (Å²) >= 11 is 6.27. The Labute approximate surface area is 188 Å². The quantitative estimate of drug-likeness (QED) is 0.466. The SMILES string of the molecule is CCOc1ccc(N2CCn3c2nc2c3c(=O)n(Cc3ccccc3Cl)c(=O)n2C)cc1. The van der Waals surface area contributed by atoms with Crippen LogP contribution in [0.3, 0.4) is 0 Å². The van der Waals surface area contributed by atoms with Gasteiger partial charge in [-0.05, 0) is 42.8 Å². The van der Waals surface area contributed by atoms with Gasteiger partial charge in [-0.2, -0.15) is 4.98 Å². The number of fused-ring (bicyclic) bond motifs is 3. The van der Waals surface area contributed by atoms with Gasteiger partial charge in [-0.25, -0.2) is 4.79 Å². The molecule has 5 rings (SSSR count). The fraction of sp³-hybridized carbons (Fsp3) is 0.261. The highest BCUT2D eigenvalue weighted by Crippen LogP contribution is 2.32. The third-order valence-electron chi connectivity index (χ3n) is 5.75. The van der Waals surface area contributed by atoms with Gasteiger partial charge in [0.05, 0.1) is 13.2 Å². The average molecular weight is 452 g/mol. The first kappa shape index (κ1) is 20.4. The first-order valence-corrected chi connectivity index (χ1v) is 10.8. The fourth-order valence-corrected chi connectivity index (χ4v) is 4.34. The molecule has 0 saturated carbocycles. The van der Waals surface area contributed by atoms with Gasteiger partial charge in [0.25, 0.3) is 5.56 Å². The van der Waals surface area contributed by atoms with E-state index >= 15 is 0 Å². The lowest BCUT2D eigenvalue weighted by atomic mass is 10.2. The summed E-state index contributed by atoms with van der Waals surface area (Å²) in [7, 11) is 1.64. The Morgan fingerprint density at radius 1 is 1.06 bits per heavy atom. The van der Waals surface area contributed by atoms with Crippen molar-refractivity contribution in [2.75, 3.05) is 18.1 Å². The minimum absolute atomic E-state index is 0.101. The number of aromatic nitrogens is 4. The van der Waals surface area contributed by atoms with E-state index in [0.29, 0.717) is 47.4 Å². The summed E-state index contributed by atoms with van der Waals surface area (Å²) in [5.41, 5.74) is 1.67. The maximum atomic E-state index is 13.4. The van der Waals surface area contributed by atoms with Gasteiger partial charge in [0.15, 0.2) is 11.2 Å². The van der Waals surface area contributed by atoms with Gasteiger partial charge in [-0.1, -0.05) is 29.8 Å².